The van der Waals surface area contributed by atoms with E-state index in [1.54, 1.807) is 18.2 Å². The maximum atomic E-state index is 13.7. The van der Waals surface area contributed by atoms with Crippen molar-refractivity contribution in [1.29, 1.82) is 0 Å². The number of nitrogens with zero attached hydrogens (tertiary/aromatic N) is 5. The Morgan fingerprint density at radius 1 is 0.805 bits per heavy atom. The summed E-state index contributed by atoms with van der Waals surface area (Å²) in [5, 5.41) is 19.6. The number of aromatic hydroxyl groups is 1. The van der Waals surface area contributed by atoms with Gasteiger partial charge in [0.2, 0.25) is 11.6 Å². The molecule has 2 aliphatic carbocycles. The molecule has 6 rings (SSSR count). The largest absolute Gasteiger partial charge is 2.00 e. The number of azo groups is 1. The Labute approximate surface area is 248 Å². The Morgan fingerprint density at radius 3 is 2.10 bits per heavy atom. The van der Waals surface area contributed by atoms with Gasteiger partial charge in [-0.15, -0.1) is 10.2 Å². The van der Waals surface area contributed by atoms with E-state index in [0.717, 1.165) is 64.2 Å². The van der Waals surface area contributed by atoms with Crippen molar-refractivity contribution in [2.45, 2.75) is 95.2 Å². The van der Waals surface area contributed by atoms with Crippen molar-refractivity contribution in [3.63, 3.8) is 0 Å². The first-order valence-electron chi connectivity index (χ1n) is 14.6. The zero-order valence-electron chi connectivity index (χ0n) is 22.9. The van der Waals surface area contributed by atoms with E-state index in [1.165, 1.54) is 14.0 Å². The molecule has 12 heteroatoms. The van der Waals surface area contributed by atoms with Crippen LogP contribution in [0.3, 0.4) is 0 Å². The second-order valence-electron chi connectivity index (χ2n) is 11.3. The average molecular weight is 613 g/mol. The van der Waals surface area contributed by atoms with Crippen LogP contribution in [-0.2, 0) is 21.8 Å². The number of hydrogen-bond donors (Lipinski definition) is 1. The van der Waals surface area contributed by atoms with Gasteiger partial charge in [0.1, 0.15) is 0 Å². The van der Waals surface area contributed by atoms with E-state index in [1.807, 2.05) is 0 Å². The van der Waals surface area contributed by atoms with Gasteiger partial charge in [0.25, 0.3) is 17.4 Å². The average Bonchev–Trinajstić information content (AvgIpc) is 3.57. The van der Waals surface area contributed by atoms with Gasteiger partial charge >= 0.3 is 22.8 Å². The minimum absolute atomic E-state index is 0. The Balaban J connectivity index is 0.00000337. The minimum atomic E-state index is -0.680. The first-order chi connectivity index (χ1) is 19.5. The third-order valence-electron chi connectivity index (χ3n) is 8.80. The fourth-order valence-electron chi connectivity index (χ4n) is 6.70. The summed E-state index contributed by atoms with van der Waals surface area (Å²) in [6.07, 6.45) is 10.2. The van der Waals surface area contributed by atoms with Gasteiger partial charge in [0, 0.05) is 18.7 Å². The first kappa shape index (κ1) is 29.4. The van der Waals surface area contributed by atoms with E-state index in [2.05, 4.69) is 10.2 Å². The van der Waals surface area contributed by atoms with Crippen molar-refractivity contribution in [1.82, 2.24) is 14.0 Å². The van der Waals surface area contributed by atoms with Crippen LogP contribution in [-0.4, -0.2) is 50.2 Å². The second-order valence-corrected chi connectivity index (χ2v) is 11.3. The standard InChI is InChI=1S/C29H35N5O6.Cu/c35-25-21-14-7-15-22(23(21)26(36)32(25)17-20-13-8-16-40-20)30-31-24-27(37)33(18-9-3-1-4-10-18)29(39)34(28(24)38)19-11-5-2-6-12-19;/h7,14-15,18-20,37H,1-6,8-13,16-17H2;/q;+2. The molecule has 2 aliphatic heterocycles. The van der Waals surface area contributed by atoms with Gasteiger partial charge in [-0.2, -0.15) is 0 Å². The molecule has 1 aromatic heterocycles. The third-order valence-corrected chi connectivity index (χ3v) is 8.80. The molecule has 11 nitrogen and oxygen atoms in total. The van der Waals surface area contributed by atoms with E-state index in [4.69, 9.17) is 4.74 Å². The molecule has 2 saturated carbocycles. The number of amides is 2. The molecule has 3 heterocycles. The molecule has 1 aromatic carbocycles. The Kier molecular flexibility index (Phi) is 8.91. The van der Waals surface area contributed by atoms with Crippen molar-refractivity contribution >= 4 is 23.2 Å². The van der Waals surface area contributed by atoms with Crippen LogP contribution in [0.4, 0.5) is 11.4 Å². The number of carbonyl (C=O) groups is 2. The van der Waals surface area contributed by atoms with E-state index >= 15 is 0 Å². The summed E-state index contributed by atoms with van der Waals surface area (Å²) >= 11 is 0. The molecule has 1 N–H and O–H groups in total. The summed E-state index contributed by atoms with van der Waals surface area (Å²) in [7, 11) is 0. The molecule has 2 aromatic rings. The van der Waals surface area contributed by atoms with Crippen molar-refractivity contribution in [3.8, 4) is 5.88 Å². The SMILES string of the molecule is O=C1c2cccc(N=Nc3c(O)n(C4CCCCC4)c(=O)n(C4CCCCC4)c3=O)c2C(=O)N1CC1CCCO1.[Cu+2]. The van der Waals surface area contributed by atoms with Gasteiger partial charge in [0.15, 0.2) is 0 Å². The van der Waals surface area contributed by atoms with Crippen LogP contribution < -0.4 is 11.2 Å². The predicted octanol–water partition coefficient (Wildman–Crippen LogP) is 4.91. The third kappa shape index (κ3) is 5.45. The number of fused-ring (bicyclic) bond motifs is 1. The molecule has 1 unspecified atom stereocenters. The number of aromatic nitrogens is 2. The first-order valence-corrected chi connectivity index (χ1v) is 14.6. The number of rotatable bonds is 6. The molecule has 0 bridgehead atoms. The number of ether oxygens (including phenoxy) is 1. The van der Waals surface area contributed by atoms with Gasteiger partial charge in [-0.05, 0) is 50.7 Å². The van der Waals surface area contributed by atoms with Gasteiger partial charge in [-0.25, -0.2) is 4.79 Å². The molecule has 1 saturated heterocycles. The van der Waals surface area contributed by atoms with Crippen molar-refractivity contribution in [3.05, 3.63) is 50.2 Å². The molecule has 221 valence electrons. The zero-order valence-corrected chi connectivity index (χ0v) is 23.8. The van der Waals surface area contributed by atoms with Crippen LogP contribution in [0.5, 0.6) is 5.88 Å². The summed E-state index contributed by atoms with van der Waals surface area (Å²) in [4.78, 5) is 54.8. The molecule has 4 aliphatic rings. The monoisotopic (exact) mass is 612 g/mol. The summed E-state index contributed by atoms with van der Waals surface area (Å²) in [5.41, 5.74) is -1.03. The van der Waals surface area contributed by atoms with Crippen molar-refractivity contribution in [2.75, 3.05) is 13.2 Å². The van der Waals surface area contributed by atoms with E-state index in [9.17, 15) is 24.3 Å². The van der Waals surface area contributed by atoms with Crippen LogP contribution in [0.1, 0.15) is 110 Å². The number of benzene rings is 1. The summed E-state index contributed by atoms with van der Waals surface area (Å²) < 4.78 is 8.21. The van der Waals surface area contributed by atoms with Crippen molar-refractivity contribution in [2.24, 2.45) is 10.2 Å². The number of carbonyl (C=O) groups excluding carboxylic acids is 2. The van der Waals surface area contributed by atoms with E-state index < -0.39 is 28.9 Å². The summed E-state index contributed by atoms with van der Waals surface area (Å²) in [6.45, 7) is 0.778. The number of hydrogen-bond acceptors (Lipinski definition) is 8. The predicted molar refractivity (Wildman–Crippen MR) is 146 cm³/mol. The molecule has 1 radical (unpaired) electrons. The van der Waals surface area contributed by atoms with Crippen LogP contribution in [0.15, 0.2) is 38.0 Å². The molecule has 0 spiro atoms. The van der Waals surface area contributed by atoms with Crippen LogP contribution in [0.2, 0.25) is 0 Å². The number of imide groups is 1. The summed E-state index contributed by atoms with van der Waals surface area (Å²) in [6, 6.07) is 4.25. The van der Waals surface area contributed by atoms with E-state index in [-0.39, 0.29) is 64.3 Å². The van der Waals surface area contributed by atoms with Crippen molar-refractivity contribution < 1.29 is 36.5 Å². The fraction of sp³-hybridized carbons (Fsp3) is 0.586. The maximum Gasteiger partial charge on any atom is 2.00 e. The summed E-state index contributed by atoms with van der Waals surface area (Å²) in [5.74, 6) is -1.39. The molecule has 2 amide bonds. The van der Waals surface area contributed by atoms with Gasteiger partial charge < -0.3 is 9.84 Å². The maximum absolute atomic E-state index is 13.7. The Bertz CT molecular complexity index is 1470. The molecular formula is C29H35CuN5O6+2. The van der Waals surface area contributed by atoms with Crippen LogP contribution in [0.25, 0.3) is 0 Å². The van der Waals surface area contributed by atoms with Gasteiger partial charge in [0.05, 0.1) is 29.5 Å². The molecular weight excluding hydrogens is 578 g/mol. The van der Waals surface area contributed by atoms with Gasteiger partial charge in [-0.3, -0.25) is 28.4 Å². The smallest absolute Gasteiger partial charge is 0.493 e. The molecule has 41 heavy (non-hydrogen) atoms. The Morgan fingerprint density at radius 2 is 1.46 bits per heavy atom. The zero-order chi connectivity index (χ0) is 27.8. The van der Waals surface area contributed by atoms with Crippen LogP contribution in [0, 0.1) is 0 Å². The van der Waals surface area contributed by atoms with Crippen LogP contribution >= 0.6 is 0 Å². The molecule has 3 fully saturated rings. The second kappa shape index (κ2) is 12.4. The molecule has 1 atom stereocenters. The minimum Gasteiger partial charge on any atom is -0.493 e. The quantitative estimate of drug-likeness (QED) is 0.280. The fourth-order valence-corrected chi connectivity index (χ4v) is 6.70. The topological polar surface area (TPSA) is 136 Å². The normalized spacial score (nSPS) is 22.0. The van der Waals surface area contributed by atoms with Gasteiger partial charge in [-0.1, -0.05) is 44.6 Å². The Hall–Kier alpha value is -3.08. The van der Waals surface area contributed by atoms with E-state index in [0.29, 0.717) is 19.4 Å².